The van der Waals surface area contributed by atoms with Crippen molar-refractivity contribution < 1.29 is 0 Å². The molecular formula is C32H25NP+. The standard InChI is InChI=1S/C32H25NP/c1-6-16-28(17-7-1)33(29-18-8-2-9-19-29)26-27-34(30-20-10-3-11-21-30,31-22-12-4-13-23-31)32-24-14-5-15-25-32/h1-25H/q+1. The van der Waals surface area contributed by atoms with Gasteiger partial charge in [0.05, 0.1) is 17.4 Å². The Hall–Kier alpha value is -4.11. The Morgan fingerprint density at radius 3 is 1.00 bits per heavy atom. The minimum Gasteiger partial charge on any atom is -0.267 e. The summed E-state index contributed by atoms with van der Waals surface area (Å²) in [4.78, 5) is 2.10. The van der Waals surface area contributed by atoms with E-state index in [0.717, 1.165) is 11.4 Å². The van der Waals surface area contributed by atoms with Crippen LogP contribution in [0.3, 0.4) is 0 Å². The largest absolute Gasteiger partial charge is 0.267 e. The van der Waals surface area contributed by atoms with Gasteiger partial charge in [0.15, 0.2) is 7.26 Å². The number of para-hydroxylation sites is 2. The second-order valence-corrected chi connectivity index (χ2v) is 11.0. The van der Waals surface area contributed by atoms with E-state index in [1.54, 1.807) is 0 Å². The molecule has 5 rings (SSSR count). The molecule has 0 aromatic heterocycles. The predicted molar refractivity (Wildman–Crippen MR) is 148 cm³/mol. The predicted octanol–water partition coefficient (Wildman–Crippen LogP) is 6.74. The minimum absolute atomic E-state index is 1.05. The van der Waals surface area contributed by atoms with Crippen LogP contribution in [0.5, 0.6) is 0 Å². The Kier molecular flexibility index (Phi) is 6.53. The van der Waals surface area contributed by atoms with Gasteiger partial charge in [-0.15, -0.1) is 0 Å². The van der Waals surface area contributed by atoms with Crippen molar-refractivity contribution in [1.29, 1.82) is 0 Å². The summed E-state index contributed by atoms with van der Waals surface area (Å²) in [6, 6.07) is 56.6. The van der Waals surface area contributed by atoms with Crippen molar-refractivity contribution in [3.8, 4) is 11.7 Å². The van der Waals surface area contributed by atoms with Crippen LogP contribution in [0.2, 0.25) is 0 Å². The smallest absolute Gasteiger partial charge is 0.191 e. The van der Waals surface area contributed by atoms with Crippen molar-refractivity contribution in [3.63, 3.8) is 0 Å². The first-order valence-corrected chi connectivity index (χ1v) is 13.2. The fourth-order valence-electron chi connectivity index (χ4n) is 4.15. The third-order valence-electron chi connectivity index (χ3n) is 5.79. The summed E-state index contributed by atoms with van der Waals surface area (Å²) >= 11 is 0. The molecule has 34 heavy (non-hydrogen) atoms. The molecule has 0 fully saturated rings. The van der Waals surface area contributed by atoms with Crippen molar-refractivity contribution in [2.75, 3.05) is 4.90 Å². The van der Waals surface area contributed by atoms with E-state index in [2.05, 4.69) is 156 Å². The summed E-state index contributed by atoms with van der Waals surface area (Å²) in [6.45, 7) is 0. The van der Waals surface area contributed by atoms with Gasteiger partial charge in [0, 0.05) is 0 Å². The Morgan fingerprint density at radius 1 is 0.382 bits per heavy atom. The second-order valence-electron chi connectivity index (χ2n) is 7.91. The fourth-order valence-corrected chi connectivity index (χ4v) is 7.54. The number of benzene rings is 5. The molecule has 5 aromatic carbocycles. The maximum Gasteiger partial charge on any atom is 0.191 e. The lowest BCUT2D eigenvalue weighted by atomic mass is 10.2. The summed E-state index contributed by atoms with van der Waals surface area (Å²) in [7, 11) is -2.25. The lowest BCUT2D eigenvalue weighted by Crippen LogP contribution is -2.30. The molecule has 1 nitrogen and oxygen atoms in total. The maximum atomic E-state index is 3.87. The summed E-state index contributed by atoms with van der Waals surface area (Å²) < 4.78 is 0. The lowest BCUT2D eigenvalue weighted by Gasteiger charge is -2.22. The van der Waals surface area contributed by atoms with E-state index in [1.165, 1.54) is 15.9 Å². The number of hydrogen-bond acceptors (Lipinski definition) is 1. The minimum atomic E-state index is -2.25. The molecule has 0 spiro atoms. The Morgan fingerprint density at radius 2 is 0.676 bits per heavy atom. The van der Waals surface area contributed by atoms with Crippen LogP contribution in [-0.4, -0.2) is 0 Å². The van der Waals surface area contributed by atoms with Gasteiger partial charge in [-0.25, -0.2) is 0 Å². The first kappa shape index (κ1) is 21.7. The van der Waals surface area contributed by atoms with Crippen molar-refractivity contribution in [2.45, 2.75) is 0 Å². The highest BCUT2D eigenvalue weighted by atomic mass is 31.2. The number of anilines is 2. The van der Waals surface area contributed by atoms with E-state index in [1.807, 2.05) is 12.1 Å². The van der Waals surface area contributed by atoms with Crippen molar-refractivity contribution in [3.05, 3.63) is 152 Å². The Balaban J connectivity index is 1.79. The fraction of sp³-hybridized carbons (Fsp3) is 0. The van der Waals surface area contributed by atoms with E-state index in [0.29, 0.717) is 0 Å². The summed E-state index contributed by atoms with van der Waals surface area (Å²) in [5.74, 6) is 0. The highest BCUT2D eigenvalue weighted by Gasteiger charge is 2.45. The van der Waals surface area contributed by atoms with Crippen LogP contribution in [0, 0.1) is 11.7 Å². The molecule has 0 aliphatic rings. The molecule has 0 bridgehead atoms. The average molecular weight is 455 g/mol. The molecule has 162 valence electrons. The zero-order valence-electron chi connectivity index (χ0n) is 18.8. The van der Waals surface area contributed by atoms with Crippen molar-refractivity contribution >= 4 is 34.6 Å². The zero-order valence-corrected chi connectivity index (χ0v) is 19.7. The third-order valence-corrected chi connectivity index (χ3v) is 9.44. The number of rotatable bonds is 5. The van der Waals surface area contributed by atoms with Crippen LogP contribution >= 0.6 is 7.26 Å². The van der Waals surface area contributed by atoms with Gasteiger partial charge >= 0.3 is 0 Å². The SMILES string of the molecule is C(#C[P+](c1ccccc1)(c1ccccc1)c1ccccc1)N(c1ccccc1)c1ccccc1. The highest BCUT2D eigenvalue weighted by molar-refractivity contribution is 7.99. The quantitative estimate of drug-likeness (QED) is 0.162. The van der Waals surface area contributed by atoms with Crippen LogP contribution in [-0.2, 0) is 0 Å². The molecule has 0 aliphatic heterocycles. The maximum absolute atomic E-state index is 3.87. The Labute approximate surface area is 202 Å². The van der Waals surface area contributed by atoms with E-state index in [9.17, 15) is 0 Å². The van der Waals surface area contributed by atoms with Gasteiger partial charge in [-0.05, 0) is 60.7 Å². The van der Waals surface area contributed by atoms with Gasteiger partial charge in [-0.3, -0.25) is 4.90 Å². The Bertz CT molecular complexity index is 1240. The van der Waals surface area contributed by atoms with Crippen LogP contribution in [0.25, 0.3) is 0 Å². The molecule has 0 saturated carbocycles. The van der Waals surface area contributed by atoms with Gasteiger partial charge in [0.1, 0.15) is 21.6 Å². The van der Waals surface area contributed by atoms with Crippen LogP contribution < -0.4 is 20.8 Å². The molecule has 2 heteroatoms. The molecular weight excluding hydrogens is 429 g/mol. The van der Waals surface area contributed by atoms with Crippen LogP contribution in [0.1, 0.15) is 0 Å². The normalized spacial score (nSPS) is 10.7. The third kappa shape index (κ3) is 4.38. The highest BCUT2D eigenvalue weighted by Crippen LogP contribution is 2.54. The molecule has 5 aromatic rings. The van der Waals surface area contributed by atoms with Crippen molar-refractivity contribution in [2.24, 2.45) is 0 Å². The van der Waals surface area contributed by atoms with Crippen LogP contribution in [0.15, 0.2) is 152 Å². The van der Waals surface area contributed by atoms with Gasteiger partial charge in [0.2, 0.25) is 0 Å². The topological polar surface area (TPSA) is 3.24 Å². The molecule has 0 amide bonds. The first-order chi connectivity index (χ1) is 16.9. The summed E-state index contributed by atoms with van der Waals surface area (Å²) in [5, 5.41) is 3.75. The number of nitrogens with zero attached hydrogens (tertiary/aromatic N) is 1. The molecule has 0 heterocycles. The van der Waals surface area contributed by atoms with E-state index >= 15 is 0 Å². The van der Waals surface area contributed by atoms with Gasteiger partial charge in [-0.1, -0.05) is 91.0 Å². The van der Waals surface area contributed by atoms with Gasteiger partial charge in [0.25, 0.3) is 0 Å². The molecule has 0 radical (unpaired) electrons. The summed E-state index contributed by atoms with van der Waals surface area (Å²) in [6.07, 6.45) is 0. The van der Waals surface area contributed by atoms with Crippen LogP contribution in [0.4, 0.5) is 11.4 Å². The van der Waals surface area contributed by atoms with Gasteiger partial charge in [-0.2, -0.15) is 0 Å². The first-order valence-electron chi connectivity index (χ1n) is 11.4. The molecule has 0 N–H and O–H groups in total. The summed E-state index contributed by atoms with van der Waals surface area (Å²) in [5.41, 5.74) is 5.97. The average Bonchev–Trinajstić information content (AvgIpc) is 2.94. The molecule has 0 aliphatic carbocycles. The monoisotopic (exact) mass is 454 g/mol. The molecule has 0 unspecified atom stereocenters. The zero-order chi connectivity index (χ0) is 23.1. The van der Waals surface area contributed by atoms with Crippen molar-refractivity contribution in [1.82, 2.24) is 0 Å². The van der Waals surface area contributed by atoms with E-state index in [-0.39, 0.29) is 0 Å². The second kappa shape index (κ2) is 10.2. The number of hydrogen-bond donors (Lipinski definition) is 0. The molecule has 0 atom stereocenters. The van der Waals surface area contributed by atoms with Gasteiger partial charge < -0.3 is 0 Å². The van der Waals surface area contributed by atoms with E-state index < -0.39 is 7.26 Å². The van der Waals surface area contributed by atoms with E-state index in [4.69, 9.17) is 0 Å². The molecule has 0 saturated heterocycles. The lowest BCUT2D eigenvalue weighted by molar-refractivity contribution is 1.33.